The molecule has 7 rings (SSSR count). The van der Waals surface area contributed by atoms with Gasteiger partial charge in [-0.15, -0.1) is 0 Å². The first-order valence-electron chi connectivity index (χ1n) is 11.6. The van der Waals surface area contributed by atoms with Crippen LogP contribution in [0.1, 0.15) is 25.0 Å². The van der Waals surface area contributed by atoms with Crippen LogP contribution in [0.4, 0.5) is 5.69 Å². The fourth-order valence-corrected chi connectivity index (χ4v) is 6.27. The van der Waals surface area contributed by atoms with Crippen molar-refractivity contribution in [2.75, 3.05) is 6.61 Å². The molecule has 33 heavy (non-hydrogen) atoms. The van der Waals surface area contributed by atoms with Crippen LogP contribution in [0.3, 0.4) is 0 Å². The zero-order valence-electron chi connectivity index (χ0n) is 18.6. The van der Waals surface area contributed by atoms with Crippen LogP contribution in [0.2, 0.25) is 0 Å². The highest BCUT2D eigenvalue weighted by molar-refractivity contribution is 6.27. The van der Waals surface area contributed by atoms with Crippen LogP contribution in [0.5, 0.6) is 0 Å². The number of nitrogens with zero attached hydrogens (tertiary/aromatic N) is 1. The molecule has 2 aliphatic rings. The van der Waals surface area contributed by atoms with Crippen molar-refractivity contribution in [3.05, 3.63) is 90.0 Å². The fraction of sp³-hybridized carbons (Fsp3) is 0.200. The molecule has 1 heterocycles. The van der Waals surface area contributed by atoms with E-state index in [2.05, 4.69) is 67.6 Å². The van der Waals surface area contributed by atoms with Crippen LogP contribution in [-0.4, -0.2) is 18.3 Å². The second-order valence-electron chi connectivity index (χ2n) is 9.48. The van der Waals surface area contributed by atoms with Crippen molar-refractivity contribution in [3.8, 4) is 0 Å². The lowest BCUT2D eigenvalue weighted by Gasteiger charge is -2.24. The summed E-state index contributed by atoms with van der Waals surface area (Å²) >= 11 is 0. The van der Waals surface area contributed by atoms with Gasteiger partial charge in [0.2, 0.25) is 0 Å². The van der Waals surface area contributed by atoms with Crippen LogP contribution >= 0.6 is 0 Å². The van der Waals surface area contributed by atoms with E-state index in [9.17, 15) is 4.79 Å². The van der Waals surface area contributed by atoms with Gasteiger partial charge >= 0.3 is 5.97 Å². The van der Waals surface area contributed by atoms with Gasteiger partial charge in [0.15, 0.2) is 0 Å². The van der Waals surface area contributed by atoms with Gasteiger partial charge in [0.05, 0.1) is 23.9 Å². The van der Waals surface area contributed by atoms with Gasteiger partial charge in [-0.2, -0.15) is 0 Å². The zero-order chi connectivity index (χ0) is 22.3. The van der Waals surface area contributed by atoms with E-state index in [1.165, 1.54) is 26.9 Å². The average molecular weight is 430 g/mol. The lowest BCUT2D eigenvalue weighted by molar-refractivity contribution is -0.145. The van der Waals surface area contributed by atoms with Crippen LogP contribution in [0.25, 0.3) is 32.3 Å². The first-order valence-corrected chi connectivity index (χ1v) is 11.6. The van der Waals surface area contributed by atoms with Crippen molar-refractivity contribution in [1.82, 2.24) is 0 Å². The van der Waals surface area contributed by atoms with E-state index in [0.29, 0.717) is 6.61 Å². The normalized spacial score (nSPS) is 23.4. The molecule has 160 valence electrons. The van der Waals surface area contributed by atoms with Gasteiger partial charge in [-0.05, 0) is 51.0 Å². The van der Waals surface area contributed by atoms with Gasteiger partial charge in [0.1, 0.15) is 0 Å². The molecule has 3 atom stereocenters. The maximum Gasteiger partial charge on any atom is 0.310 e. The van der Waals surface area contributed by atoms with E-state index in [-0.39, 0.29) is 23.2 Å². The molecule has 5 aromatic carbocycles. The molecular formula is C30H23NO2. The molecule has 5 aromatic rings. The molecule has 1 aliphatic carbocycles. The summed E-state index contributed by atoms with van der Waals surface area (Å²) in [6.45, 7) is 4.48. The minimum Gasteiger partial charge on any atom is -0.466 e. The lowest BCUT2D eigenvalue weighted by Crippen LogP contribution is -2.18. The van der Waals surface area contributed by atoms with Crippen molar-refractivity contribution in [2.24, 2.45) is 16.8 Å². The summed E-state index contributed by atoms with van der Waals surface area (Å²) in [4.78, 5) is 18.4. The van der Waals surface area contributed by atoms with E-state index in [0.717, 1.165) is 27.9 Å². The molecule has 1 saturated carbocycles. The Hall–Kier alpha value is -3.72. The van der Waals surface area contributed by atoms with Gasteiger partial charge in [-0.1, -0.05) is 79.7 Å². The first-order chi connectivity index (χ1) is 16.1. The van der Waals surface area contributed by atoms with E-state index >= 15 is 0 Å². The Morgan fingerprint density at radius 1 is 0.909 bits per heavy atom. The number of hydrogen-bond acceptors (Lipinski definition) is 3. The molecular weight excluding hydrogens is 406 g/mol. The summed E-state index contributed by atoms with van der Waals surface area (Å²) in [5, 5.41) is 7.41. The Bertz CT molecular complexity index is 1600. The SMILES string of the molecule is CCOC(=O)C1C2C(c3ccccc3)=Nc3c(cc4ccc5cccc6ccc3c4c56)C12C. The molecule has 0 bridgehead atoms. The summed E-state index contributed by atoms with van der Waals surface area (Å²) in [5.74, 6) is -0.308. The summed E-state index contributed by atoms with van der Waals surface area (Å²) in [6.07, 6.45) is 0. The molecule has 0 spiro atoms. The Morgan fingerprint density at radius 2 is 1.64 bits per heavy atom. The van der Waals surface area contributed by atoms with Crippen LogP contribution in [0.15, 0.2) is 83.9 Å². The van der Waals surface area contributed by atoms with Crippen molar-refractivity contribution in [1.29, 1.82) is 0 Å². The molecule has 0 amide bonds. The number of carbonyl (C=O) groups excluding carboxylic acids is 1. The molecule has 0 N–H and O–H groups in total. The van der Waals surface area contributed by atoms with Crippen LogP contribution in [0, 0.1) is 11.8 Å². The number of benzene rings is 5. The molecule has 0 saturated heterocycles. The Labute approximate surface area is 192 Å². The van der Waals surface area contributed by atoms with E-state index in [1.54, 1.807) is 0 Å². The monoisotopic (exact) mass is 429 g/mol. The predicted octanol–water partition coefficient (Wildman–Crippen LogP) is 6.79. The van der Waals surface area contributed by atoms with Crippen molar-refractivity contribution in [3.63, 3.8) is 0 Å². The van der Waals surface area contributed by atoms with Crippen LogP contribution in [-0.2, 0) is 14.9 Å². The number of aliphatic imine (C=N–C) groups is 1. The number of carbonyl (C=O) groups is 1. The third-order valence-corrected chi connectivity index (χ3v) is 7.85. The number of hydrogen-bond donors (Lipinski definition) is 0. The number of esters is 1. The average Bonchev–Trinajstić information content (AvgIpc) is 3.49. The minimum absolute atomic E-state index is 0.0275. The predicted molar refractivity (Wildman–Crippen MR) is 134 cm³/mol. The Kier molecular flexibility index (Phi) is 3.66. The summed E-state index contributed by atoms with van der Waals surface area (Å²) in [5.41, 5.74) is 3.93. The first kappa shape index (κ1) is 18.8. The molecule has 0 radical (unpaired) electrons. The Balaban J connectivity index is 1.58. The standard InChI is InChI=1S/C30H23NO2/c1-3-33-29(32)26-25-27(19-8-5-4-6-9-19)31-28-21-15-14-18-11-7-10-17-12-13-20(24(21)23(17)18)16-22(28)30(25,26)2/h4-16,25-26H,3H2,1-2H3. The lowest BCUT2D eigenvalue weighted by atomic mass is 9.83. The highest BCUT2D eigenvalue weighted by Gasteiger charge is 2.70. The van der Waals surface area contributed by atoms with E-state index < -0.39 is 0 Å². The summed E-state index contributed by atoms with van der Waals surface area (Å²) < 4.78 is 5.53. The summed E-state index contributed by atoms with van der Waals surface area (Å²) in [7, 11) is 0. The topological polar surface area (TPSA) is 38.7 Å². The maximum absolute atomic E-state index is 13.1. The number of fused-ring (bicyclic) bond motifs is 4. The van der Waals surface area contributed by atoms with Gasteiger partial charge < -0.3 is 4.74 Å². The van der Waals surface area contributed by atoms with Crippen LogP contribution < -0.4 is 0 Å². The number of ether oxygens (including phenoxy) is 1. The molecule has 1 aliphatic heterocycles. The fourth-order valence-electron chi connectivity index (χ4n) is 6.27. The summed E-state index contributed by atoms with van der Waals surface area (Å²) in [6, 6.07) is 27.9. The third kappa shape index (κ3) is 2.34. The smallest absolute Gasteiger partial charge is 0.310 e. The molecule has 0 aromatic heterocycles. The van der Waals surface area contributed by atoms with Gasteiger partial charge in [0, 0.05) is 16.7 Å². The minimum atomic E-state index is -0.320. The molecule has 3 unspecified atom stereocenters. The maximum atomic E-state index is 13.1. The molecule has 3 heteroatoms. The van der Waals surface area contributed by atoms with Gasteiger partial charge in [-0.3, -0.25) is 9.79 Å². The van der Waals surface area contributed by atoms with E-state index in [4.69, 9.17) is 9.73 Å². The largest absolute Gasteiger partial charge is 0.466 e. The van der Waals surface area contributed by atoms with Crippen molar-refractivity contribution < 1.29 is 9.53 Å². The zero-order valence-corrected chi connectivity index (χ0v) is 18.6. The molecule has 1 fully saturated rings. The third-order valence-electron chi connectivity index (χ3n) is 7.85. The Morgan fingerprint density at radius 3 is 2.39 bits per heavy atom. The van der Waals surface area contributed by atoms with Gasteiger partial charge in [-0.25, -0.2) is 0 Å². The highest BCUT2D eigenvalue weighted by Crippen LogP contribution is 2.67. The van der Waals surface area contributed by atoms with E-state index in [1.807, 2.05) is 25.1 Å². The second kappa shape index (κ2) is 6.41. The highest BCUT2D eigenvalue weighted by atomic mass is 16.5. The quantitative estimate of drug-likeness (QED) is 0.234. The van der Waals surface area contributed by atoms with Crippen molar-refractivity contribution >= 4 is 49.7 Å². The van der Waals surface area contributed by atoms with Gasteiger partial charge in [0.25, 0.3) is 0 Å². The second-order valence-corrected chi connectivity index (χ2v) is 9.48. The van der Waals surface area contributed by atoms with Crippen molar-refractivity contribution in [2.45, 2.75) is 19.3 Å². The molecule has 3 nitrogen and oxygen atoms in total. The number of rotatable bonds is 3.